The number of aryl methyl sites for hydroxylation is 2. The third-order valence-corrected chi connectivity index (χ3v) is 5.71. The molecule has 2 atom stereocenters. The first-order chi connectivity index (χ1) is 14.8. The summed E-state index contributed by atoms with van der Waals surface area (Å²) >= 11 is 0. The number of carbonyl (C=O) groups excluding carboxylic acids is 2. The molecule has 2 aromatic carbocycles. The summed E-state index contributed by atoms with van der Waals surface area (Å²) in [6.07, 6.45) is 2.08. The third kappa shape index (κ3) is 7.42. The average molecular weight is 425 g/mol. The molecule has 2 rings (SSSR count). The van der Waals surface area contributed by atoms with Crippen molar-refractivity contribution in [2.75, 3.05) is 13.2 Å². The second-order valence-electron chi connectivity index (χ2n) is 8.10. The summed E-state index contributed by atoms with van der Waals surface area (Å²) in [6, 6.07) is 15.3. The number of nitrogens with zero attached hydrogens (tertiary/aromatic N) is 1. The quantitative estimate of drug-likeness (QED) is 0.580. The van der Waals surface area contributed by atoms with E-state index in [1.807, 2.05) is 83.1 Å². The van der Waals surface area contributed by atoms with E-state index in [2.05, 4.69) is 5.32 Å². The number of benzene rings is 2. The number of amides is 2. The van der Waals surface area contributed by atoms with E-state index in [4.69, 9.17) is 4.74 Å². The van der Waals surface area contributed by atoms with Crippen LogP contribution in [0.5, 0.6) is 5.75 Å². The van der Waals surface area contributed by atoms with Gasteiger partial charge in [0, 0.05) is 12.6 Å². The Kier molecular flexibility index (Phi) is 9.57. The fourth-order valence-electron chi connectivity index (χ4n) is 3.37. The lowest BCUT2D eigenvalue weighted by Crippen LogP contribution is -2.52. The number of rotatable bonds is 11. The van der Waals surface area contributed by atoms with Crippen molar-refractivity contribution in [3.63, 3.8) is 0 Å². The molecule has 5 nitrogen and oxygen atoms in total. The van der Waals surface area contributed by atoms with Crippen LogP contribution in [0.4, 0.5) is 0 Å². The van der Waals surface area contributed by atoms with E-state index in [9.17, 15) is 9.59 Å². The Morgan fingerprint density at radius 1 is 1.00 bits per heavy atom. The summed E-state index contributed by atoms with van der Waals surface area (Å²) < 4.78 is 5.79. The molecule has 2 amide bonds. The molecule has 1 N–H and O–H groups in total. The molecule has 168 valence electrons. The maximum atomic E-state index is 13.2. The number of hydrogen-bond donors (Lipinski definition) is 1. The van der Waals surface area contributed by atoms with E-state index < -0.39 is 6.04 Å². The van der Waals surface area contributed by atoms with Crippen LogP contribution in [0.3, 0.4) is 0 Å². The van der Waals surface area contributed by atoms with Gasteiger partial charge in [0.05, 0.1) is 0 Å². The molecule has 0 aliphatic rings. The SMILES string of the molecule is CC[C@H](C(=O)N[C@@H](C)CC)N(CCc1ccccc1)C(=O)COc1ccc(C)c(C)c1. The molecular formula is C26H36N2O3. The van der Waals surface area contributed by atoms with Crippen molar-refractivity contribution >= 4 is 11.8 Å². The van der Waals surface area contributed by atoms with Gasteiger partial charge in [0.15, 0.2) is 6.61 Å². The lowest BCUT2D eigenvalue weighted by molar-refractivity contribution is -0.142. The Labute approximate surface area is 186 Å². The lowest BCUT2D eigenvalue weighted by atomic mass is 10.1. The van der Waals surface area contributed by atoms with Crippen LogP contribution in [-0.2, 0) is 16.0 Å². The highest BCUT2D eigenvalue weighted by atomic mass is 16.5. The molecule has 0 unspecified atom stereocenters. The monoisotopic (exact) mass is 424 g/mol. The zero-order chi connectivity index (χ0) is 22.8. The highest BCUT2D eigenvalue weighted by Gasteiger charge is 2.29. The van der Waals surface area contributed by atoms with Crippen LogP contribution in [0.2, 0.25) is 0 Å². The van der Waals surface area contributed by atoms with Crippen LogP contribution in [0.15, 0.2) is 48.5 Å². The van der Waals surface area contributed by atoms with Crippen molar-refractivity contribution in [1.82, 2.24) is 10.2 Å². The Hall–Kier alpha value is -2.82. The van der Waals surface area contributed by atoms with Gasteiger partial charge in [-0.2, -0.15) is 0 Å². The maximum Gasteiger partial charge on any atom is 0.261 e. The van der Waals surface area contributed by atoms with Gasteiger partial charge in [-0.05, 0) is 68.9 Å². The summed E-state index contributed by atoms with van der Waals surface area (Å²) in [5.41, 5.74) is 3.42. The lowest BCUT2D eigenvalue weighted by Gasteiger charge is -2.31. The number of nitrogens with one attached hydrogen (secondary N) is 1. The smallest absolute Gasteiger partial charge is 0.261 e. The largest absolute Gasteiger partial charge is 0.484 e. The van der Waals surface area contributed by atoms with Gasteiger partial charge >= 0.3 is 0 Å². The molecule has 0 aliphatic carbocycles. The van der Waals surface area contributed by atoms with E-state index in [-0.39, 0.29) is 24.5 Å². The van der Waals surface area contributed by atoms with Gasteiger partial charge in [0.25, 0.3) is 5.91 Å². The van der Waals surface area contributed by atoms with Crippen molar-refractivity contribution in [3.05, 3.63) is 65.2 Å². The van der Waals surface area contributed by atoms with Crippen LogP contribution in [0.1, 0.15) is 50.3 Å². The Bertz CT molecular complexity index is 851. The summed E-state index contributed by atoms with van der Waals surface area (Å²) in [4.78, 5) is 27.8. The molecule has 0 radical (unpaired) electrons. The summed E-state index contributed by atoms with van der Waals surface area (Å²) in [6.45, 7) is 10.4. The normalized spacial score (nSPS) is 12.7. The summed E-state index contributed by atoms with van der Waals surface area (Å²) in [5, 5.41) is 3.03. The number of carbonyl (C=O) groups is 2. The molecule has 0 aliphatic heterocycles. The fraction of sp³-hybridized carbons (Fsp3) is 0.462. The van der Waals surface area contributed by atoms with Gasteiger partial charge < -0.3 is 15.0 Å². The van der Waals surface area contributed by atoms with E-state index in [1.54, 1.807) is 4.90 Å². The number of ether oxygens (including phenoxy) is 1. The van der Waals surface area contributed by atoms with Gasteiger partial charge in [0.2, 0.25) is 5.91 Å². The van der Waals surface area contributed by atoms with Crippen molar-refractivity contribution in [3.8, 4) is 5.75 Å². The predicted molar refractivity (Wildman–Crippen MR) is 125 cm³/mol. The van der Waals surface area contributed by atoms with Crippen molar-refractivity contribution < 1.29 is 14.3 Å². The standard InChI is InChI=1S/C26H36N2O3/c1-6-21(5)27-26(30)24(7-2)28(16-15-22-11-9-8-10-12-22)25(29)18-31-23-14-13-19(3)20(4)17-23/h8-14,17,21,24H,6-7,15-16,18H2,1-5H3,(H,27,30)/t21-,24+/m0/s1. The van der Waals surface area contributed by atoms with Crippen molar-refractivity contribution in [2.24, 2.45) is 0 Å². The van der Waals surface area contributed by atoms with Crippen molar-refractivity contribution in [1.29, 1.82) is 0 Å². The minimum atomic E-state index is -0.520. The zero-order valence-corrected chi connectivity index (χ0v) is 19.5. The van der Waals surface area contributed by atoms with Crippen LogP contribution in [-0.4, -0.2) is 41.9 Å². The second-order valence-corrected chi connectivity index (χ2v) is 8.10. The van der Waals surface area contributed by atoms with E-state index in [1.165, 1.54) is 5.56 Å². The molecule has 0 saturated heterocycles. The minimum Gasteiger partial charge on any atom is -0.484 e. The molecule has 0 spiro atoms. The van der Waals surface area contributed by atoms with E-state index in [0.29, 0.717) is 25.1 Å². The predicted octanol–water partition coefficient (Wildman–Crippen LogP) is 4.45. The topological polar surface area (TPSA) is 58.6 Å². The van der Waals surface area contributed by atoms with Crippen LogP contribution < -0.4 is 10.1 Å². The summed E-state index contributed by atoms with van der Waals surface area (Å²) in [7, 11) is 0. The summed E-state index contributed by atoms with van der Waals surface area (Å²) in [5.74, 6) is 0.376. The van der Waals surface area contributed by atoms with Gasteiger partial charge in [-0.3, -0.25) is 9.59 Å². The first-order valence-electron chi connectivity index (χ1n) is 11.2. The molecule has 2 aromatic rings. The molecule has 0 saturated carbocycles. The van der Waals surface area contributed by atoms with E-state index >= 15 is 0 Å². The highest BCUT2D eigenvalue weighted by Crippen LogP contribution is 2.17. The number of hydrogen-bond acceptors (Lipinski definition) is 3. The minimum absolute atomic E-state index is 0.0689. The second kappa shape index (κ2) is 12.1. The molecule has 0 aromatic heterocycles. The van der Waals surface area contributed by atoms with Gasteiger partial charge in [0.1, 0.15) is 11.8 Å². The zero-order valence-electron chi connectivity index (χ0n) is 19.5. The van der Waals surface area contributed by atoms with Gasteiger partial charge in [-0.15, -0.1) is 0 Å². The molecule has 5 heteroatoms. The maximum absolute atomic E-state index is 13.2. The third-order valence-electron chi connectivity index (χ3n) is 5.71. The van der Waals surface area contributed by atoms with Gasteiger partial charge in [-0.25, -0.2) is 0 Å². The van der Waals surface area contributed by atoms with E-state index in [0.717, 1.165) is 17.5 Å². The van der Waals surface area contributed by atoms with Crippen LogP contribution >= 0.6 is 0 Å². The molecule has 0 fully saturated rings. The first kappa shape index (κ1) is 24.4. The highest BCUT2D eigenvalue weighted by molar-refractivity contribution is 5.88. The Morgan fingerprint density at radius 3 is 2.32 bits per heavy atom. The average Bonchev–Trinajstić information content (AvgIpc) is 2.77. The fourth-order valence-corrected chi connectivity index (χ4v) is 3.37. The van der Waals surface area contributed by atoms with Crippen LogP contribution in [0.25, 0.3) is 0 Å². The molecule has 0 bridgehead atoms. The first-order valence-corrected chi connectivity index (χ1v) is 11.2. The molecule has 0 heterocycles. The molecular weight excluding hydrogens is 388 g/mol. The van der Waals surface area contributed by atoms with Crippen LogP contribution in [0, 0.1) is 13.8 Å². The molecule has 31 heavy (non-hydrogen) atoms. The van der Waals surface area contributed by atoms with Gasteiger partial charge in [-0.1, -0.05) is 50.2 Å². The Morgan fingerprint density at radius 2 is 1.71 bits per heavy atom. The Balaban J connectivity index is 2.14. The van der Waals surface area contributed by atoms with Crippen molar-refractivity contribution in [2.45, 2.75) is 66.0 Å².